The Morgan fingerprint density at radius 3 is 2.68 bits per heavy atom. The van der Waals surface area contributed by atoms with Crippen LogP contribution in [0.4, 0.5) is 0 Å². The molecule has 136 valence electrons. The summed E-state index contributed by atoms with van der Waals surface area (Å²) in [5.41, 5.74) is 1.66. The highest BCUT2D eigenvalue weighted by atomic mass is 32.1. The Morgan fingerprint density at radius 1 is 1.20 bits per heavy atom. The van der Waals surface area contributed by atoms with Gasteiger partial charge in [-0.1, -0.05) is 0 Å². The third-order valence-corrected chi connectivity index (χ3v) is 6.30. The molecule has 0 unspecified atom stereocenters. The number of nitrogens with zero attached hydrogens (tertiary/aromatic N) is 4. The van der Waals surface area contributed by atoms with Crippen LogP contribution in [-0.4, -0.2) is 63.0 Å². The van der Waals surface area contributed by atoms with Crippen LogP contribution in [0.15, 0.2) is 11.6 Å². The Labute approximate surface area is 152 Å². The lowest BCUT2D eigenvalue weighted by molar-refractivity contribution is 0.0715. The molecule has 0 spiro atoms. The highest BCUT2D eigenvalue weighted by molar-refractivity contribution is 7.15. The summed E-state index contributed by atoms with van der Waals surface area (Å²) in [4.78, 5) is 23.0. The molecule has 4 heterocycles. The molecule has 2 saturated heterocycles. The number of fused-ring (bicyclic) bond motifs is 1. The molecule has 0 aliphatic carbocycles. The second-order valence-electron chi connectivity index (χ2n) is 7.22. The molecule has 2 aromatic rings. The Balaban J connectivity index is 1.56. The summed E-state index contributed by atoms with van der Waals surface area (Å²) < 4.78 is 2.08. The fraction of sp³-hybridized carbons (Fsp3) is 0.667. The first-order valence-corrected chi connectivity index (χ1v) is 10.2. The number of amides is 1. The quantitative estimate of drug-likeness (QED) is 0.906. The van der Waals surface area contributed by atoms with Crippen LogP contribution in [0.1, 0.15) is 48.3 Å². The number of rotatable bonds is 4. The van der Waals surface area contributed by atoms with E-state index < -0.39 is 0 Å². The number of piperidine rings is 2. The van der Waals surface area contributed by atoms with Crippen molar-refractivity contribution in [2.75, 3.05) is 32.8 Å². The van der Waals surface area contributed by atoms with Crippen LogP contribution in [0, 0.1) is 5.92 Å². The van der Waals surface area contributed by atoms with Gasteiger partial charge < -0.3 is 10.0 Å². The molecule has 0 aromatic carbocycles. The van der Waals surface area contributed by atoms with Crippen molar-refractivity contribution in [3.8, 4) is 0 Å². The lowest BCUT2D eigenvalue weighted by atomic mass is 9.98. The fourth-order valence-electron chi connectivity index (χ4n) is 3.94. The zero-order chi connectivity index (χ0) is 17.2. The van der Waals surface area contributed by atoms with Gasteiger partial charge in [-0.2, -0.15) is 0 Å². The number of aliphatic hydroxyl groups excluding tert-OH is 1. The monoisotopic (exact) mass is 362 g/mol. The van der Waals surface area contributed by atoms with Crippen molar-refractivity contribution < 1.29 is 9.90 Å². The van der Waals surface area contributed by atoms with E-state index in [4.69, 9.17) is 0 Å². The standard InChI is InChI=1S/C18H26N4O2S/c23-13-14-4-8-20(9-5-14)12-15-16(19-18-22(15)10-11-25-18)17(24)21-6-2-1-3-7-21/h10-11,14,23H,1-9,12-13H2. The summed E-state index contributed by atoms with van der Waals surface area (Å²) in [7, 11) is 0. The first kappa shape index (κ1) is 17.0. The maximum Gasteiger partial charge on any atom is 0.274 e. The second-order valence-corrected chi connectivity index (χ2v) is 8.09. The number of aliphatic hydroxyl groups is 1. The predicted molar refractivity (Wildman–Crippen MR) is 97.9 cm³/mol. The van der Waals surface area contributed by atoms with Gasteiger partial charge in [0.1, 0.15) is 0 Å². The van der Waals surface area contributed by atoms with E-state index in [1.165, 1.54) is 6.42 Å². The van der Waals surface area contributed by atoms with Gasteiger partial charge in [0.2, 0.25) is 0 Å². The third-order valence-electron chi connectivity index (χ3n) is 5.55. The Morgan fingerprint density at radius 2 is 1.96 bits per heavy atom. The first-order chi connectivity index (χ1) is 12.3. The van der Waals surface area contributed by atoms with Gasteiger partial charge in [0, 0.05) is 37.8 Å². The first-order valence-electron chi connectivity index (χ1n) is 9.33. The molecule has 2 aliphatic rings. The van der Waals surface area contributed by atoms with Crippen molar-refractivity contribution in [3.63, 3.8) is 0 Å². The van der Waals surface area contributed by atoms with E-state index >= 15 is 0 Å². The van der Waals surface area contributed by atoms with Gasteiger partial charge in [0.05, 0.1) is 5.69 Å². The number of carbonyl (C=O) groups excluding carboxylic acids is 1. The Hall–Kier alpha value is -1.44. The number of carbonyl (C=O) groups is 1. The Bertz CT molecular complexity index is 727. The van der Waals surface area contributed by atoms with Crippen LogP contribution in [0.2, 0.25) is 0 Å². The molecule has 2 aliphatic heterocycles. The average molecular weight is 362 g/mol. The van der Waals surface area contributed by atoms with Crippen LogP contribution in [0.3, 0.4) is 0 Å². The molecule has 0 radical (unpaired) electrons. The number of likely N-dealkylation sites (tertiary alicyclic amines) is 2. The maximum atomic E-state index is 13.0. The van der Waals surface area contributed by atoms with Crippen molar-refractivity contribution in [2.24, 2.45) is 5.92 Å². The largest absolute Gasteiger partial charge is 0.396 e. The van der Waals surface area contributed by atoms with E-state index in [9.17, 15) is 9.90 Å². The predicted octanol–water partition coefficient (Wildman–Crippen LogP) is 2.23. The minimum absolute atomic E-state index is 0.0934. The molecule has 25 heavy (non-hydrogen) atoms. The minimum Gasteiger partial charge on any atom is -0.396 e. The number of thiazole rings is 1. The lowest BCUT2D eigenvalue weighted by Gasteiger charge is -2.31. The molecule has 1 N–H and O–H groups in total. The van der Waals surface area contributed by atoms with Crippen LogP contribution in [0.5, 0.6) is 0 Å². The lowest BCUT2D eigenvalue weighted by Crippen LogP contribution is -2.38. The molecule has 0 atom stereocenters. The SMILES string of the molecule is O=C(c1nc2sccn2c1CN1CCC(CO)CC1)N1CCCCC1. The fourth-order valence-corrected chi connectivity index (χ4v) is 4.67. The van der Waals surface area contributed by atoms with Crippen molar-refractivity contribution in [3.05, 3.63) is 23.0 Å². The number of aromatic nitrogens is 2. The zero-order valence-corrected chi connectivity index (χ0v) is 15.4. The van der Waals surface area contributed by atoms with E-state index in [0.29, 0.717) is 11.6 Å². The molecular weight excluding hydrogens is 336 g/mol. The van der Waals surface area contributed by atoms with Gasteiger partial charge in [-0.15, -0.1) is 11.3 Å². The van der Waals surface area contributed by atoms with Crippen molar-refractivity contribution in [1.82, 2.24) is 19.2 Å². The molecule has 2 aromatic heterocycles. The van der Waals surface area contributed by atoms with Gasteiger partial charge in [0.15, 0.2) is 10.7 Å². The summed E-state index contributed by atoms with van der Waals surface area (Å²) in [6, 6.07) is 0. The normalized spacial score (nSPS) is 20.4. The molecular formula is C18H26N4O2S. The summed E-state index contributed by atoms with van der Waals surface area (Å²) in [6.07, 6.45) is 7.48. The topological polar surface area (TPSA) is 61.1 Å². The molecule has 1 amide bonds. The van der Waals surface area contributed by atoms with E-state index in [0.717, 1.165) is 69.1 Å². The van der Waals surface area contributed by atoms with Crippen molar-refractivity contribution in [2.45, 2.75) is 38.6 Å². The highest BCUT2D eigenvalue weighted by Crippen LogP contribution is 2.24. The second kappa shape index (κ2) is 7.43. The zero-order valence-electron chi connectivity index (χ0n) is 14.6. The molecule has 6 nitrogen and oxygen atoms in total. The van der Waals surface area contributed by atoms with Crippen molar-refractivity contribution in [1.29, 1.82) is 0 Å². The smallest absolute Gasteiger partial charge is 0.274 e. The number of imidazole rings is 1. The molecule has 0 saturated carbocycles. The summed E-state index contributed by atoms with van der Waals surface area (Å²) in [6.45, 7) is 4.69. The van der Waals surface area contributed by atoms with Gasteiger partial charge in [-0.25, -0.2) is 4.98 Å². The number of hydrogen-bond acceptors (Lipinski definition) is 5. The third kappa shape index (κ3) is 3.45. The molecule has 2 fully saturated rings. The molecule has 7 heteroatoms. The summed E-state index contributed by atoms with van der Waals surface area (Å²) in [5, 5.41) is 11.4. The van der Waals surface area contributed by atoms with E-state index in [-0.39, 0.29) is 12.5 Å². The average Bonchev–Trinajstić information content (AvgIpc) is 3.25. The molecule has 4 rings (SSSR count). The van der Waals surface area contributed by atoms with E-state index in [1.54, 1.807) is 11.3 Å². The van der Waals surface area contributed by atoms with Gasteiger partial charge in [-0.3, -0.25) is 14.1 Å². The molecule has 0 bridgehead atoms. The van der Waals surface area contributed by atoms with Crippen LogP contribution in [0.25, 0.3) is 4.96 Å². The number of hydrogen-bond donors (Lipinski definition) is 1. The van der Waals surface area contributed by atoms with Crippen molar-refractivity contribution >= 4 is 22.2 Å². The van der Waals surface area contributed by atoms with Crippen LogP contribution >= 0.6 is 11.3 Å². The van der Waals surface area contributed by atoms with Gasteiger partial charge in [0.25, 0.3) is 5.91 Å². The van der Waals surface area contributed by atoms with E-state index in [1.807, 2.05) is 16.5 Å². The summed E-state index contributed by atoms with van der Waals surface area (Å²) >= 11 is 1.58. The van der Waals surface area contributed by atoms with Crippen LogP contribution < -0.4 is 0 Å². The van der Waals surface area contributed by atoms with Gasteiger partial charge in [-0.05, 0) is 51.1 Å². The van der Waals surface area contributed by atoms with E-state index in [2.05, 4.69) is 14.3 Å². The van der Waals surface area contributed by atoms with Crippen LogP contribution in [-0.2, 0) is 6.54 Å². The maximum absolute atomic E-state index is 13.0. The Kier molecular flexibility index (Phi) is 5.05. The minimum atomic E-state index is 0.0934. The summed E-state index contributed by atoms with van der Waals surface area (Å²) in [5.74, 6) is 0.521. The van der Waals surface area contributed by atoms with Gasteiger partial charge >= 0.3 is 0 Å². The highest BCUT2D eigenvalue weighted by Gasteiger charge is 2.27.